The Morgan fingerprint density at radius 3 is 2.47 bits per heavy atom. The van der Waals surface area contributed by atoms with Crippen LogP contribution in [0.25, 0.3) is 0 Å². The highest BCUT2D eigenvalue weighted by atomic mass is 16.1. The Morgan fingerprint density at radius 2 is 1.94 bits per heavy atom. The van der Waals surface area contributed by atoms with E-state index in [0.29, 0.717) is 13.0 Å². The second-order valence-electron chi connectivity index (χ2n) is 4.44. The number of nitrogens with one attached hydrogen (secondary N) is 1. The number of rotatable bonds is 6. The first-order valence-electron chi connectivity index (χ1n) is 6.13. The van der Waals surface area contributed by atoms with E-state index < -0.39 is 0 Å². The smallest absolute Gasteiger partial charge is 0.220 e. The summed E-state index contributed by atoms with van der Waals surface area (Å²) < 4.78 is 0. The van der Waals surface area contributed by atoms with Crippen LogP contribution < -0.4 is 5.32 Å². The fourth-order valence-electron chi connectivity index (χ4n) is 1.80. The zero-order valence-corrected chi connectivity index (χ0v) is 10.9. The number of carbonyl (C=O) groups is 1. The number of benzene rings is 1. The van der Waals surface area contributed by atoms with Gasteiger partial charge in [0.2, 0.25) is 5.91 Å². The summed E-state index contributed by atoms with van der Waals surface area (Å²) in [5.74, 6) is 0.135. The number of likely N-dealkylation sites (N-methyl/N-ethyl adjacent to an activating group) is 1. The minimum Gasteiger partial charge on any atom is -0.354 e. The van der Waals surface area contributed by atoms with Crippen LogP contribution in [0, 0.1) is 0 Å². The zero-order chi connectivity index (χ0) is 12.7. The number of amides is 1. The molecule has 1 amide bonds. The van der Waals surface area contributed by atoms with Crippen LogP contribution in [0.3, 0.4) is 0 Å². The molecule has 17 heavy (non-hydrogen) atoms. The molecule has 0 aliphatic carbocycles. The minimum atomic E-state index is 0.135. The Balaban J connectivity index is 2.59. The first-order chi connectivity index (χ1) is 8.15. The molecule has 3 nitrogen and oxygen atoms in total. The van der Waals surface area contributed by atoms with E-state index >= 15 is 0 Å². The number of carbonyl (C=O) groups excluding carboxylic acids is 1. The van der Waals surface area contributed by atoms with Crippen molar-refractivity contribution in [3.05, 3.63) is 35.9 Å². The molecule has 0 aromatic heterocycles. The van der Waals surface area contributed by atoms with Crippen molar-refractivity contribution < 1.29 is 4.79 Å². The van der Waals surface area contributed by atoms with Crippen LogP contribution in [-0.4, -0.2) is 31.4 Å². The molecule has 0 saturated carbocycles. The van der Waals surface area contributed by atoms with E-state index in [1.165, 1.54) is 5.56 Å². The fraction of sp³-hybridized carbons (Fsp3) is 0.500. The maximum atomic E-state index is 11.5. The van der Waals surface area contributed by atoms with Crippen LogP contribution in [0.15, 0.2) is 30.3 Å². The van der Waals surface area contributed by atoms with Crippen molar-refractivity contribution >= 4 is 5.91 Å². The quantitative estimate of drug-likeness (QED) is 0.818. The highest BCUT2D eigenvalue weighted by molar-refractivity contribution is 5.75. The van der Waals surface area contributed by atoms with Gasteiger partial charge in [-0.05, 0) is 26.1 Å². The summed E-state index contributed by atoms with van der Waals surface area (Å²) in [6, 6.07) is 10.5. The summed E-state index contributed by atoms with van der Waals surface area (Å²) in [5.41, 5.74) is 1.23. The lowest BCUT2D eigenvalue weighted by molar-refractivity contribution is -0.121. The molecule has 0 saturated heterocycles. The number of nitrogens with zero attached hydrogens (tertiary/aromatic N) is 1. The average Bonchev–Trinajstić information content (AvgIpc) is 2.30. The van der Waals surface area contributed by atoms with Crippen molar-refractivity contribution in [2.45, 2.75) is 25.8 Å². The van der Waals surface area contributed by atoms with Gasteiger partial charge in [0.1, 0.15) is 0 Å². The Morgan fingerprint density at radius 1 is 1.29 bits per heavy atom. The Kier molecular flexibility index (Phi) is 5.70. The van der Waals surface area contributed by atoms with Crippen LogP contribution >= 0.6 is 0 Å². The van der Waals surface area contributed by atoms with Gasteiger partial charge in [0.15, 0.2) is 0 Å². The Hall–Kier alpha value is -1.35. The van der Waals surface area contributed by atoms with E-state index in [-0.39, 0.29) is 11.9 Å². The molecular weight excluding hydrogens is 212 g/mol. The van der Waals surface area contributed by atoms with Crippen molar-refractivity contribution in [2.24, 2.45) is 0 Å². The van der Waals surface area contributed by atoms with E-state index in [2.05, 4.69) is 22.3 Å². The summed E-state index contributed by atoms with van der Waals surface area (Å²) in [4.78, 5) is 13.6. The lowest BCUT2D eigenvalue weighted by Crippen LogP contribution is -2.34. The molecule has 1 atom stereocenters. The van der Waals surface area contributed by atoms with Crippen molar-refractivity contribution in [1.29, 1.82) is 0 Å². The molecule has 0 bridgehead atoms. The maximum absolute atomic E-state index is 11.5. The highest BCUT2D eigenvalue weighted by Gasteiger charge is 2.14. The van der Waals surface area contributed by atoms with Gasteiger partial charge in [-0.2, -0.15) is 0 Å². The molecule has 0 heterocycles. The predicted octanol–water partition coefficient (Wildman–Crippen LogP) is 2.21. The lowest BCUT2D eigenvalue weighted by atomic mass is 10.1. The third kappa shape index (κ3) is 4.57. The largest absolute Gasteiger partial charge is 0.354 e. The standard InChI is InChI=1S/C14H22N2O/c1-4-8-14(17)15-11-13(16(2)3)12-9-6-5-7-10-12/h5-7,9-10,13H,4,8,11H2,1-3H3,(H,15,17). The summed E-state index contributed by atoms with van der Waals surface area (Å²) in [5, 5.41) is 2.98. The molecule has 0 radical (unpaired) electrons. The highest BCUT2D eigenvalue weighted by Crippen LogP contribution is 2.16. The minimum absolute atomic E-state index is 0.135. The van der Waals surface area contributed by atoms with Gasteiger partial charge in [0.05, 0.1) is 6.04 Å². The third-order valence-corrected chi connectivity index (χ3v) is 2.78. The van der Waals surface area contributed by atoms with Gasteiger partial charge < -0.3 is 10.2 Å². The van der Waals surface area contributed by atoms with Crippen molar-refractivity contribution in [2.75, 3.05) is 20.6 Å². The molecule has 0 fully saturated rings. The first-order valence-corrected chi connectivity index (χ1v) is 6.13. The lowest BCUT2D eigenvalue weighted by Gasteiger charge is -2.25. The molecular formula is C14H22N2O. The summed E-state index contributed by atoms with van der Waals surface area (Å²) in [6.07, 6.45) is 1.50. The molecule has 94 valence electrons. The summed E-state index contributed by atoms with van der Waals surface area (Å²) >= 11 is 0. The van der Waals surface area contributed by atoms with Gasteiger partial charge >= 0.3 is 0 Å². The molecule has 1 N–H and O–H groups in total. The van der Waals surface area contributed by atoms with Gasteiger partial charge in [-0.1, -0.05) is 37.3 Å². The van der Waals surface area contributed by atoms with Crippen LogP contribution in [0.2, 0.25) is 0 Å². The zero-order valence-electron chi connectivity index (χ0n) is 10.9. The molecule has 1 rings (SSSR count). The molecule has 3 heteroatoms. The van der Waals surface area contributed by atoms with Crippen LogP contribution in [-0.2, 0) is 4.79 Å². The van der Waals surface area contributed by atoms with Crippen molar-refractivity contribution in [3.63, 3.8) is 0 Å². The van der Waals surface area contributed by atoms with Gasteiger partial charge in [0, 0.05) is 13.0 Å². The van der Waals surface area contributed by atoms with Gasteiger partial charge in [-0.25, -0.2) is 0 Å². The second kappa shape index (κ2) is 7.07. The van der Waals surface area contributed by atoms with Crippen LogP contribution in [0.4, 0.5) is 0 Å². The average molecular weight is 234 g/mol. The number of hydrogen-bond acceptors (Lipinski definition) is 2. The second-order valence-corrected chi connectivity index (χ2v) is 4.44. The molecule has 0 aliphatic rings. The van der Waals surface area contributed by atoms with Crippen LogP contribution in [0.1, 0.15) is 31.4 Å². The molecule has 1 unspecified atom stereocenters. The summed E-state index contributed by atoms with van der Waals surface area (Å²) in [7, 11) is 4.06. The van der Waals surface area contributed by atoms with E-state index in [1.807, 2.05) is 39.2 Å². The molecule has 1 aromatic carbocycles. The fourth-order valence-corrected chi connectivity index (χ4v) is 1.80. The van der Waals surface area contributed by atoms with E-state index in [9.17, 15) is 4.79 Å². The SMILES string of the molecule is CCCC(=O)NCC(c1ccccc1)N(C)C. The van der Waals surface area contributed by atoms with Gasteiger partial charge in [-0.3, -0.25) is 4.79 Å². The van der Waals surface area contributed by atoms with Crippen molar-refractivity contribution in [1.82, 2.24) is 10.2 Å². The number of hydrogen-bond donors (Lipinski definition) is 1. The van der Waals surface area contributed by atoms with Gasteiger partial charge in [0.25, 0.3) is 0 Å². The molecule has 1 aromatic rings. The normalized spacial score (nSPS) is 12.5. The maximum Gasteiger partial charge on any atom is 0.220 e. The van der Waals surface area contributed by atoms with Gasteiger partial charge in [-0.15, -0.1) is 0 Å². The topological polar surface area (TPSA) is 32.3 Å². The van der Waals surface area contributed by atoms with E-state index in [0.717, 1.165) is 6.42 Å². The van der Waals surface area contributed by atoms with E-state index in [1.54, 1.807) is 0 Å². The van der Waals surface area contributed by atoms with E-state index in [4.69, 9.17) is 0 Å². The first kappa shape index (κ1) is 13.7. The molecule has 0 spiro atoms. The van der Waals surface area contributed by atoms with Crippen molar-refractivity contribution in [3.8, 4) is 0 Å². The Bertz CT molecular complexity index is 335. The molecule has 0 aliphatic heterocycles. The Labute approximate surface area is 104 Å². The third-order valence-electron chi connectivity index (χ3n) is 2.78. The summed E-state index contributed by atoms with van der Waals surface area (Å²) in [6.45, 7) is 2.68. The van der Waals surface area contributed by atoms with Crippen LogP contribution in [0.5, 0.6) is 0 Å². The monoisotopic (exact) mass is 234 g/mol. The predicted molar refractivity (Wildman–Crippen MR) is 70.8 cm³/mol.